The molecule has 12 aromatic carbocycles. The van der Waals surface area contributed by atoms with Crippen LogP contribution >= 0.6 is 11.3 Å². The van der Waals surface area contributed by atoms with Gasteiger partial charge in [-0.1, -0.05) is 295 Å². The van der Waals surface area contributed by atoms with E-state index in [2.05, 4.69) is 389 Å². The van der Waals surface area contributed by atoms with Crippen molar-refractivity contribution in [3.63, 3.8) is 0 Å². The number of anilines is 9. The molecule has 0 saturated heterocycles. The summed E-state index contributed by atoms with van der Waals surface area (Å²) < 4.78 is 2.63. The first-order valence-corrected chi connectivity index (χ1v) is 37.0. The van der Waals surface area contributed by atoms with Gasteiger partial charge in [-0.05, 0) is 166 Å². The largest absolute Gasteiger partial charge is 0.311 e. The highest BCUT2D eigenvalue weighted by Crippen LogP contribution is 2.52. The number of para-hydroxylation sites is 1. The first-order chi connectivity index (χ1) is 46.2. The highest BCUT2D eigenvalue weighted by Gasteiger charge is 2.49. The summed E-state index contributed by atoms with van der Waals surface area (Å²) in [6.45, 7) is 27.8. The Morgan fingerprint density at radius 1 is 0.344 bits per heavy atom. The van der Waals surface area contributed by atoms with Crippen LogP contribution in [0.15, 0.2) is 291 Å². The predicted octanol–water partition coefficient (Wildman–Crippen LogP) is 20.4. The number of fused-ring (bicyclic) bond motifs is 6. The zero-order valence-electron chi connectivity index (χ0n) is 57.5. The van der Waals surface area contributed by atoms with Gasteiger partial charge in [0.15, 0.2) is 8.07 Å². The Labute approximate surface area is 575 Å². The fourth-order valence-electron chi connectivity index (χ4n) is 15.1. The van der Waals surface area contributed by atoms with E-state index in [9.17, 15) is 0 Å². The van der Waals surface area contributed by atoms with Gasteiger partial charge in [-0.15, -0.1) is 11.3 Å². The highest BCUT2D eigenvalue weighted by molar-refractivity contribution is 7.33. The van der Waals surface area contributed by atoms with E-state index in [-0.39, 0.29) is 28.4 Å². The smallest absolute Gasteiger partial charge is 0.264 e. The van der Waals surface area contributed by atoms with E-state index in [1.54, 1.807) is 0 Å². The van der Waals surface area contributed by atoms with E-state index in [1.807, 2.05) is 11.3 Å². The third-order valence-corrected chi connectivity index (χ3v) is 26.2. The van der Waals surface area contributed by atoms with Gasteiger partial charge in [-0.2, -0.15) is 0 Å². The Morgan fingerprint density at radius 2 is 0.792 bits per heavy atom. The van der Waals surface area contributed by atoms with Gasteiger partial charge in [0.1, 0.15) is 0 Å². The maximum atomic E-state index is 2.72. The van der Waals surface area contributed by atoms with Gasteiger partial charge in [0, 0.05) is 60.1 Å². The topological polar surface area (TPSA) is 9.72 Å². The Morgan fingerprint density at radius 3 is 1.33 bits per heavy atom. The minimum absolute atomic E-state index is 0.0328. The number of hydrogen-bond acceptors (Lipinski definition) is 4. The summed E-state index contributed by atoms with van der Waals surface area (Å²) in [5, 5.41) is 6.57. The standard InChI is InChI=1S/C90H84BN3SSi/c1-87(2,3)63-42-48-67(49-43-63)92(78-41-29-28-40-74(78)61-30-18-13-19-31-61)69-52-53-77-80(58-69)94(79-54-46-65(89(7,8)9)56-75(79)62-32-20-14-21-33-62)82-60-73(96(70-34-22-15-23-35-70,71-36-24-16-25-37-71)72-38-26-17-27-39-72)59-81-84(82)91(77)86-85(76-57-66(90(10,11)12)47-55-83(76)95-86)93(81)68-50-44-64(45-51-68)88(4,5)6/h13-60H,1-12H3. The van der Waals surface area contributed by atoms with Gasteiger partial charge in [0.05, 0.1) is 17.1 Å². The van der Waals surface area contributed by atoms with Crippen molar-refractivity contribution >= 4 is 124 Å². The number of hydrogen-bond donors (Lipinski definition) is 0. The second kappa shape index (κ2) is 23.9. The van der Waals surface area contributed by atoms with Gasteiger partial charge in [-0.25, -0.2) is 0 Å². The first kappa shape index (κ1) is 62.4. The average molecular weight is 1280 g/mol. The third kappa shape index (κ3) is 10.8. The zero-order valence-corrected chi connectivity index (χ0v) is 59.4. The van der Waals surface area contributed by atoms with Gasteiger partial charge >= 0.3 is 0 Å². The molecule has 0 amide bonds. The van der Waals surface area contributed by atoms with E-state index in [4.69, 9.17) is 0 Å². The van der Waals surface area contributed by atoms with Crippen molar-refractivity contribution in [1.82, 2.24) is 0 Å². The summed E-state index contributed by atoms with van der Waals surface area (Å²) in [5.74, 6) is 0. The lowest BCUT2D eigenvalue weighted by atomic mass is 9.36. The van der Waals surface area contributed by atoms with Crippen LogP contribution in [-0.2, 0) is 21.7 Å². The molecule has 6 heteroatoms. The normalized spacial score (nSPS) is 13.1. The van der Waals surface area contributed by atoms with Gasteiger partial charge in [0.2, 0.25) is 0 Å². The predicted molar refractivity (Wildman–Crippen MR) is 420 cm³/mol. The molecule has 1 aromatic heterocycles. The molecule has 13 aromatic rings. The molecule has 3 heterocycles. The van der Waals surface area contributed by atoms with Crippen LogP contribution < -0.4 is 51.1 Å². The minimum atomic E-state index is -3.30. The summed E-state index contributed by atoms with van der Waals surface area (Å²) in [6.07, 6.45) is 0. The van der Waals surface area contributed by atoms with Crippen molar-refractivity contribution in [2.45, 2.75) is 105 Å². The lowest BCUT2D eigenvalue weighted by Gasteiger charge is -2.45. The first-order valence-electron chi connectivity index (χ1n) is 34.2. The van der Waals surface area contributed by atoms with E-state index >= 15 is 0 Å². The summed E-state index contributed by atoms with van der Waals surface area (Å²) >= 11 is 1.97. The van der Waals surface area contributed by atoms with Crippen LogP contribution in [0.25, 0.3) is 32.3 Å². The number of rotatable bonds is 11. The number of thiophene rings is 1. The van der Waals surface area contributed by atoms with Crippen molar-refractivity contribution in [2.24, 2.45) is 0 Å². The molecular weight excluding hydrogens is 1190 g/mol. The molecule has 3 nitrogen and oxygen atoms in total. The van der Waals surface area contributed by atoms with Crippen molar-refractivity contribution in [2.75, 3.05) is 14.7 Å². The zero-order chi connectivity index (χ0) is 66.5. The molecule has 0 aliphatic carbocycles. The molecule has 2 aliphatic heterocycles. The summed E-state index contributed by atoms with van der Waals surface area (Å²) in [6, 6.07) is 112. The molecule has 2 aliphatic rings. The van der Waals surface area contributed by atoms with Crippen LogP contribution in [0.3, 0.4) is 0 Å². The van der Waals surface area contributed by atoms with Crippen molar-refractivity contribution in [3.8, 4) is 22.3 Å². The minimum Gasteiger partial charge on any atom is -0.311 e. The maximum absolute atomic E-state index is 3.30. The van der Waals surface area contributed by atoms with Gasteiger partial charge in [-0.3, -0.25) is 0 Å². The van der Waals surface area contributed by atoms with Crippen molar-refractivity contribution in [1.29, 1.82) is 0 Å². The van der Waals surface area contributed by atoms with E-state index in [0.29, 0.717) is 0 Å². The average Bonchev–Trinajstić information content (AvgIpc) is 1.13. The van der Waals surface area contributed by atoms with Crippen LogP contribution in [0.1, 0.15) is 105 Å². The Bertz CT molecular complexity index is 4920. The van der Waals surface area contributed by atoms with E-state index in [0.717, 1.165) is 39.7 Å². The summed E-state index contributed by atoms with van der Waals surface area (Å²) in [7, 11) is -3.30. The Kier molecular flexibility index (Phi) is 15.5. The fourth-order valence-corrected chi connectivity index (χ4v) is 21.2. The van der Waals surface area contributed by atoms with Crippen LogP contribution in [-0.4, -0.2) is 14.8 Å². The second-order valence-corrected chi connectivity index (χ2v) is 35.5. The Hall–Kier alpha value is -9.72. The van der Waals surface area contributed by atoms with E-state index < -0.39 is 8.07 Å². The molecule has 0 N–H and O–H groups in total. The molecule has 0 saturated carbocycles. The molecule has 0 spiro atoms. The third-order valence-electron chi connectivity index (χ3n) is 20.2. The van der Waals surface area contributed by atoms with Crippen molar-refractivity contribution < 1.29 is 0 Å². The Balaban J connectivity index is 1.13. The molecule has 0 bridgehead atoms. The number of nitrogens with zero attached hydrogens (tertiary/aromatic N) is 3. The molecule has 0 unspecified atom stereocenters. The van der Waals surface area contributed by atoms with Crippen LogP contribution in [0.5, 0.6) is 0 Å². The van der Waals surface area contributed by atoms with Gasteiger partial charge < -0.3 is 14.7 Å². The quantitative estimate of drug-likeness (QED) is 0.0944. The molecule has 0 fully saturated rings. The second-order valence-electron chi connectivity index (χ2n) is 30.6. The maximum Gasteiger partial charge on any atom is 0.264 e. The molecular formula is C90H84BN3SSi. The summed E-state index contributed by atoms with van der Waals surface area (Å²) in [4.78, 5) is 7.94. The van der Waals surface area contributed by atoms with Crippen LogP contribution in [0.4, 0.5) is 51.2 Å². The highest BCUT2D eigenvalue weighted by atomic mass is 32.1. The number of benzene rings is 12. The molecule has 15 rings (SSSR count). The lowest BCUT2D eigenvalue weighted by Crippen LogP contribution is -2.75. The fraction of sp³-hybridized carbons (Fsp3) is 0.178. The molecule has 472 valence electrons. The molecule has 0 atom stereocenters. The van der Waals surface area contributed by atoms with Crippen LogP contribution in [0.2, 0.25) is 0 Å². The van der Waals surface area contributed by atoms with Gasteiger partial charge in [0.25, 0.3) is 6.71 Å². The molecule has 0 radical (unpaired) electrons. The lowest BCUT2D eigenvalue weighted by molar-refractivity contribution is 0.590. The van der Waals surface area contributed by atoms with Crippen LogP contribution in [0, 0.1) is 0 Å². The summed E-state index contributed by atoms with van der Waals surface area (Å²) in [5.41, 5.74) is 22.5. The monoisotopic (exact) mass is 1280 g/mol. The molecule has 96 heavy (non-hydrogen) atoms. The van der Waals surface area contributed by atoms with Crippen molar-refractivity contribution in [3.05, 3.63) is 313 Å². The van der Waals surface area contributed by atoms with E-state index in [1.165, 1.54) is 103 Å². The SMILES string of the molecule is CC(C)(C)c1ccc(N(c2ccc3c(c2)N(c2ccc(C(C)(C)C)cc2-c2ccccc2)c2cc([Si](c4ccccc4)(c4ccccc4)c4ccccc4)cc4c2B3c2sc3ccc(C(C)(C)C)cc3c2N4c2ccc(C(C)(C)C)cc2)c2ccccc2-c2ccccc2)cc1.